The Morgan fingerprint density at radius 3 is 2.42 bits per heavy atom. The van der Waals surface area contributed by atoms with Gasteiger partial charge in [0.2, 0.25) is 5.91 Å². The first-order chi connectivity index (χ1) is 9.16. The number of carbonyl (C=O) groups is 1. The quantitative estimate of drug-likeness (QED) is 0.804. The second-order valence-corrected chi connectivity index (χ2v) is 6.00. The lowest BCUT2D eigenvalue weighted by atomic mass is 9.89. The molecular weight excluding hydrogens is 234 g/mol. The van der Waals surface area contributed by atoms with Crippen molar-refractivity contribution in [2.24, 2.45) is 5.92 Å². The molecule has 1 aromatic carbocycles. The van der Waals surface area contributed by atoms with Gasteiger partial charge in [-0.15, -0.1) is 0 Å². The number of hydrogen-bond acceptors (Lipinski definition) is 1. The molecule has 1 heterocycles. The Bertz CT molecular complexity index is 391. The Balaban J connectivity index is 1.81. The van der Waals surface area contributed by atoms with Crippen LogP contribution in [0.1, 0.15) is 51.0 Å². The Morgan fingerprint density at radius 2 is 1.84 bits per heavy atom. The molecule has 0 spiro atoms. The summed E-state index contributed by atoms with van der Waals surface area (Å²) in [4.78, 5) is 14.1. The van der Waals surface area contributed by atoms with Crippen LogP contribution in [0.4, 0.5) is 0 Å². The van der Waals surface area contributed by atoms with Gasteiger partial charge in [0.05, 0.1) is 0 Å². The van der Waals surface area contributed by atoms with E-state index < -0.39 is 0 Å². The molecule has 2 nitrogen and oxygen atoms in total. The van der Waals surface area contributed by atoms with Gasteiger partial charge in [-0.3, -0.25) is 4.79 Å². The van der Waals surface area contributed by atoms with Crippen LogP contribution < -0.4 is 0 Å². The average molecular weight is 259 g/mol. The van der Waals surface area contributed by atoms with E-state index in [2.05, 4.69) is 49.1 Å². The van der Waals surface area contributed by atoms with Gasteiger partial charge >= 0.3 is 0 Å². The molecule has 0 aliphatic carbocycles. The molecular formula is C17H25NO. The van der Waals surface area contributed by atoms with Crippen LogP contribution in [0.5, 0.6) is 0 Å². The van der Waals surface area contributed by atoms with Crippen molar-refractivity contribution in [1.29, 1.82) is 0 Å². The van der Waals surface area contributed by atoms with Crippen molar-refractivity contribution in [3.05, 3.63) is 35.9 Å². The Morgan fingerprint density at radius 1 is 1.21 bits per heavy atom. The summed E-state index contributed by atoms with van der Waals surface area (Å²) in [6.45, 7) is 6.21. The van der Waals surface area contributed by atoms with Crippen molar-refractivity contribution < 1.29 is 4.79 Å². The number of rotatable bonds is 4. The maximum Gasteiger partial charge on any atom is 0.222 e. The van der Waals surface area contributed by atoms with E-state index in [0.717, 1.165) is 32.4 Å². The van der Waals surface area contributed by atoms with E-state index in [-0.39, 0.29) is 0 Å². The Kier molecular flexibility index (Phi) is 5.00. The average Bonchev–Trinajstić information content (AvgIpc) is 2.46. The molecule has 1 fully saturated rings. The van der Waals surface area contributed by atoms with Crippen molar-refractivity contribution in [2.45, 2.75) is 45.4 Å². The molecule has 0 saturated carbocycles. The largest absolute Gasteiger partial charge is 0.343 e. The van der Waals surface area contributed by atoms with Gasteiger partial charge in [0.1, 0.15) is 0 Å². The second-order valence-electron chi connectivity index (χ2n) is 6.00. The third kappa shape index (κ3) is 4.09. The molecule has 19 heavy (non-hydrogen) atoms. The topological polar surface area (TPSA) is 20.3 Å². The van der Waals surface area contributed by atoms with E-state index >= 15 is 0 Å². The molecule has 1 aliphatic rings. The number of likely N-dealkylation sites (tertiary alicyclic amines) is 1. The number of hydrogen-bond donors (Lipinski definition) is 0. The van der Waals surface area contributed by atoms with Gasteiger partial charge in [0.25, 0.3) is 0 Å². The first kappa shape index (κ1) is 14.1. The summed E-state index contributed by atoms with van der Waals surface area (Å²) in [6.07, 6.45) is 3.94. The molecule has 2 rings (SSSR count). The molecule has 0 atom stereocenters. The maximum atomic E-state index is 12.1. The molecule has 0 aromatic heterocycles. The van der Waals surface area contributed by atoms with Gasteiger partial charge in [-0.05, 0) is 36.7 Å². The van der Waals surface area contributed by atoms with Gasteiger partial charge in [0, 0.05) is 19.5 Å². The van der Waals surface area contributed by atoms with E-state index in [1.165, 1.54) is 5.56 Å². The smallest absolute Gasteiger partial charge is 0.222 e. The fourth-order valence-corrected chi connectivity index (χ4v) is 2.76. The standard InChI is InChI=1S/C17H25NO/c1-14(2)8-9-17(19)18-12-10-16(11-13-18)15-6-4-3-5-7-15/h3-7,14,16H,8-13H2,1-2H3. The number of nitrogens with zero attached hydrogens (tertiary/aromatic N) is 1. The minimum atomic E-state index is 0.347. The van der Waals surface area contributed by atoms with Gasteiger partial charge in [-0.25, -0.2) is 0 Å². The first-order valence-corrected chi connectivity index (χ1v) is 7.49. The van der Waals surface area contributed by atoms with Crippen LogP contribution in [0.25, 0.3) is 0 Å². The zero-order valence-corrected chi connectivity index (χ0v) is 12.1. The highest BCUT2D eigenvalue weighted by molar-refractivity contribution is 5.76. The fourth-order valence-electron chi connectivity index (χ4n) is 2.76. The van der Waals surface area contributed by atoms with Gasteiger partial charge in [-0.2, -0.15) is 0 Å². The van der Waals surface area contributed by atoms with Crippen molar-refractivity contribution in [3.8, 4) is 0 Å². The van der Waals surface area contributed by atoms with E-state index in [1.807, 2.05) is 0 Å². The predicted octanol–water partition coefficient (Wildman–Crippen LogP) is 3.83. The lowest BCUT2D eigenvalue weighted by molar-refractivity contribution is -0.132. The third-order valence-corrected chi connectivity index (χ3v) is 4.05. The van der Waals surface area contributed by atoms with Crippen LogP contribution >= 0.6 is 0 Å². The van der Waals surface area contributed by atoms with Crippen LogP contribution in [0.2, 0.25) is 0 Å². The number of carbonyl (C=O) groups excluding carboxylic acids is 1. The molecule has 1 amide bonds. The SMILES string of the molecule is CC(C)CCC(=O)N1CCC(c2ccccc2)CC1. The van der Waals surface area contributed by atoms with Crippen LogP contribution in [0.15, 0.2) is 30.3 Å². The van der Waals surface area contributed by atoms with E-state index in [0.29, 0.717) is 24.2 Å². The molecule has 1 aromatic rings. The number of piperidine rings is 1. The first-order valence-electron chi connectivity index (χ1n) is 7.49. The highest BCUT2D eigenvalue weighted by Crippen LogP contribution is 2.28. The Labute approximate surface area is 116 Å². The van der Waals surface area contributed by atoms with Crippen molar-refractivity contribution in [1.82, 2.24) is 4.90 Å². The predicted molar refractivity (Wildman–Crippen MR) is 79.1 cm³/mol. The van der Waals surface area contributed by atoms with Crippen molar-refractivity contribution >= 4 is 5.91 Å². The van der Waals surface area contributed by atoms with Crippen LogP contribution in [0, 0.1) is 5.92 Å². The highest BCUT2D eigenvalue weighted by Gasteiger charge is 2.23. The van der Waals surface area contributed by atoms with E-state index in [1.54, 1.807) is 0 Å². The third-order valence-electron chi connectivity index (χ3n) is 4.05. The number of benzene rings is 1. The molecule has 1 aliphatic heterocycles. The molecule has 1 saturated heterocycles. The van der Waals surface area contributed by atoms with Gasteiger partial charge in [0.15, 0.2) is 0 Å². The summed E-state index contributed by atoms with van der Waals surface area (Å²) in [6, 6.07) is 10.7. The molecule has 0 unspecified atom stereocenters. The molecule has 2 heteroatoms. The summed E-state index contributed by atoms with van der Waals surface area (Å²) >= 11 is 0. The monoisotopic (exact) mass is 259 g/mol. The molecule has 0 radical (unpaired) electrons. The van der Waals surface area contributed by atoms with Crippen LogP contribution in [0.3, 0.4) is 0 Å². The van der Waals surface area contributed by atoms with Crippen molar-refractivity contribution in [2.75, 3.05) is 13.1 Å². The minimum Gasteiger partial charge on any atom is -0.343 e. The van der Waals surface area contributed by atoms with Gasteiger partial charge in [-0.1, -0.05) is 44.2 Å². The molecule has 0 N–H and O–H groups in total. The fraction of sp³-hybridized carbons (Fsp3) is 0.588. The highest BCUT2D eigenvalue weighted by atomic mass is 16.2. The van der Waals surface area contributed by atoms with E-state index in [9.17, 15) is 4.79 Å². The summed E-state index contributed by atoms with van der Waals surface area (Å²) in [7, 11) is 0. The molecule has 104 valence electrons. The van der Waals surface area contributed by atoms with Crippen molar-refractivity contribution in [3.63, 3.8) is 0 Å². The van der Waals surface area contributed by atoms with Crippen LogP contribution in [-0.4, -0.2) is 23.9 Å². The summed E-state index contributed by atoms with van der Waals surface area (Å²) in [5.74, 6) is 1.60. The normalized spacial score (nSPS) is 16.9. The second kappa shape index (κ2) is 6.74. The van der Waals surface area contributed by atoms with Gasteiger partial charge < -0.3 is 4.90 Å². The summed E-state index contributed by atoms with van der Waals surface area (Å²) in [5, 5.41) is 0. The summed E-state index contributed by atoms with van der Waals surface area (Å²) < 4.78 is 0. The lowest BCUT2D eigenvalue weighted by Crippen LogP contribution is -2.37. The zero-order chi connectivity index (χ0) is 13.7. The molecule has 0 bridgehead atoms. The Hall–Kier alpha value is -1.31. The minimum absolute atomic E-state index is 0.347. The maximum absolute atomic E-state index is 12.1. The summed E-state index contributed by atoms with van der Waals surface area (Å²) in [5.41, 5.74) is 1.43. The zero-order valence-electron chi connectivity index (χ0n) is 12.1. The van der Waals surface area contributed by atoms with E-state index in [4.69, 9.17) is 0 Å². The number of amides is 1. The lowest BCUT2D eigenvalue weighted by Gasteiger charge is -2.32. The van der Waals surface area contributed by atoms with Crippen LogP contribution in [-0.2, 0) is 4.79 Å².